The molecule has 0 spiro atoms. The highest BCUT2D eigenvalue weighted by atomic mass is 16.5. The largest absolute Gasteiger partial charge is 0.508 e. The maximum Gasteiger partial charge on any atom is 0.116 e. The van der Waals surface area contributed by atoms with E-state index in [1.54, 1.807) is 91.0 Å². The molecule has 0 aromatic heterocycles. The Morgan fingerprint density at radius 3 is 0.874 bits per heavy atom. The van der Waals surface area contributed by atoms with E-state index in [0.29, 0.717) is 11.5 Å². The van der Waals surface area contributed by atoms with Crippen LogP contribution in [0, 0.1) is 0 Å². The lowest BCUT2D eigenvalue weighted by Crippen LogP contribution is -2.49. The Labute approximate surface area is 576 Å². The molecule has 5 aromatic rings. The number of phenolic OH excluding ortho intramolecular Hbond substituents is 5. The van der Waals surface area contributed by atoms with Gasteiger partial charge in [0.2, 0.25) is 0 Å². The van der Waals surface area contributed by atoms with Crippen LogP contribution in [-0.4, -0.2) is 225 Å². The summed E-state index contributed by atoms with van der Waals surface area (Å²) in [5, 5.41) is 47.1. The first-order valence-electron chi connectivity index (χ1n) is 35.3. The lowest BCUT2D eigenvalue weighted by Gasteiger charge is -2.37. The van der Waals surface area contributed by atoms with Crippen molar-refractivity contribution in [1.29, 1.82) is 0 Å². The van der Waals surface area contributed by atoms with Crippen LogP contribution >= 0.6 is 0 Å². The summed E-state index contributed by atoms with van der Waals surface area (Å²) >= 11 is 0. The second kappa shape index (κ2) is 45.3. The maximum atomic E-state index is 9.46. The number of anilines is 5. The Bertz CT molecular complexity index is 2690. The number of quaternary nitrogens is 5. The quantitative estimate of drug-likeness (QED) is 0.00769. The monoisotopic (exact) mass is 1330 g/mol. The molecule has 1 heterocycles. The number of benzene rings is 5. The van der Waals surface area contributed by atoms with Crippen LogP contribution < -0.4 is 28.7 Å². The third-order valence-corrected chi connectivity index (χ3v) is 16.8. The number of piperidine rings is 1. The lowest BCUT2D eigenvalue weighted by molar-refractivity contribution is -0.914. The zero-order chi connectivity index (χ0) is 70.9. The van der Waals surface area contributed by atoms with Crippen molar-refractivity contribution in [3.63, 3.8) is 0 Å². The zero-order valence-corrected chi connectivity index (χ0v) is 61.8. The highest BCUT2D eigenvalue weighted by Gasteiger charge is 2.24. The van der Waals surface area contributed by atoms with Gasteiger partial charge in [-0.25, -0.2) is 0 Å². The molecule has 5 aromatic carbocycles. The molecule has 0 atom stereocenters. The van der Waals surface area contributed by atoms with Crippen molar-refractivity contribution >= 4 is 28.4 Å². The summed E-state index contributed by atoms with van der Waals surface area (Å²) in [5.74, 6) is 1.44. The zero-order valence-electron chi connectivity index (χ0n) is 61.8. The van der Waals surface area contributed by atoms with E-state index in [1.807, 2.05) is 0 Å². The van der Waals surface area contributed by atoms with E-state index in [2.05, 4.69) is 91.6 Å². The molecule has 0 unspecified atom stereocenters. The van der Waals surface area contributed by atoms with E-state index in [1.165, 1.54) is 94.9 Å². The Balaban J connectivity index is 0.000000405. The van der Waals surface area contributed by atoms with Gasteiger partial charge in [-0.3, -0.25) is 0 Å². The minimum atomic E-state index is 0.269. The average Bonchev–Trinajstić information content (AvgIpc) is 1.08. The van der Waals surface area contributed by atoms with Crippen molar-refractivity contribution in [3.8, 4) is 28.7 Å². The van der Waals surface area contributed by atoms with E-state index in [0.717, 1.165) is 204 Å². The van der Waals surface area contributed by atoms with Gasteiger partial charge in [0, 0.05) is 54.7 Å². The molecule has 0 saturated carbocycles. The summed E-state index contributed by atoms with van der Waals surface area (Å²) in [6, 6.07) is 25.7. The number of hydrogen-bond acceptors (Lipinski definition) is 13. The fourth-order valence-corrected chi connectivity index (χ4v) is 10.9. The number of phenols is 5. The topological polar surface area (TPSA) is 259 Å². The van der Waals surface area contributed by atoms with Gasteiger partial charge in [0.05, 0.1) is 144 Å². The van der Waals surface area contributed by atoms with Crippen molar-refractivity contribution in [2.24, 2.45) is 0 Å². The number of aromatic hydroxyl groups is 5. The van der Waals surface area contributed by atoms with Gasteiger partial charge >= 0.3 is 0 Å². The number of nitrogens with zero attached hydrogens (tertiary/aromatic N) is 5. The first-order chi connectivity index (χ1) is 44.6. The van der Waals surface area contributed by atoms with Crippen LogP contribution in [-0.2, 0) is 46.3 Å². The van der Waals surface area contributed by atoms with E-state index < -0.39 is 0 Å². The number of ether oxygens (including phenoxy) is 3. The van der Waals surface area contributed by atoms with Crippen molar-refractivity contribution in [3.05, 3.63) is 119 Å². The minimum Gasteiger partial charge on any atom is -0.508 e. The molecule has 0 bridgehead atoms. The molecule has 1 aliphatic heterocycles. The number of nitrogen functional groups attached to an aromatic ring is 5. The fraction of sp³-hybridized carbons (Fsp3) is 0.610. The van der Waals surface area contributed by atoms with Crippen LogP contribution in [0.15, 0.2) is 91.0 Å². The molecule has 18 heteroatoms. The molecule has 95 heavy (non-hydrogen) atoms. The van der Waals surface area contributed by atoms with Gasteiger partial charge in [0.15, 0.2) is 0 Å². The number of likely N-dealkylation sites (N-methyl/N-ethyl adjacent to an activating group) is 2. The van der Waals surface area contributed by atoms with Gasteiger partial charge < -0.3 is 90.8 Å². The highest BCUT2D eigenvalue weighted by molar-refractivity contribution is 5.53. The first-order valence-corrected chi connectivity index (χ1v) is 35.3. The summed E-state index contributed by atoms with van der Waals surface area (Å²) in [4.78, 5) is 0. The van der Waals surface area contributed by atoms with E-state index >= 15 is 0 Å². The first kappa shape index (κ1) is 84.9. The van der Waals surface area contributed by atoms with Gasteiger partial charge in [-0.05, 0) is 228 Å². The van der Waals surface area contributed by atoms with Crippen molar-refractivity contribution in [1.82, 2.24) is 0 Å². The number of rotatable bonds is 37. The second-order valence-electron chi connectivity index (χ2n) is 30.5. The molecule has 1 aliphatic rings. The van der Waals surface area contributed by atoms with Gasteiger partial charge in [-0.15, -0.1) is 0 Å². The van der Waals surface area contributed by atoms with Crippen LogP contribution in [0.2, 0.25) is 0 Å². The molecule has 1 fully saturated rings. The van der Waals surface area contributed by atoms with Gasteiger partial charge in [-0.1, -0.05) is 19.3 Å². The third-order valence-electron chi connectivity index (χ3n) is 16.8. The summed E-state index contributed by atoms with van der Waals surface area (Å²) in [5.41, 5.74) is 38.3. The molecule has 0 amide bonds. The van der Waals surface area contributed by atoms with Gasteiger partial charge in [0.25, 0.3) is 0 Å². The SMILES string of the molecule is C[N+](C)(C)CCCCCCCc1cc(O)ccc1N.C[N+](C)(C)CCCCCCc1cc(O)ccc1N.C[N+](C)(C)CCCOCCCc1cc(O)ccc1N.C[N+](C)(C)CCOCCCc1cc(O)ccc1N.C[N+]1(CCOCCCc2cc(O)ccc2N)CCCCC1. The van der Waals surface area contributed by atoms with E-state index in [9.17, 15) is 25.5 Å². The fourth-order valence-electron chi connectivity index (χ4n) is 10.9. The smallest absolute Gasteiger partial charge is 0.116 e. The lowest BCUT2D eigenvalue weighted by atomic mass is 10.0. The predicted octanol–water partition coefficient (Wildman–Crippen LogP) is 12.2. The second-order valence-corrected chi connectivity index (χ2v) is 30.5. The molecule has 15 N–H and O–H groups in total. The molecular weight excluding hydrogens is 1190 g/mol. The maximum absolute atomic E-state index is 9.46. The molecule has 6 rings (SSSR count). The van der Waals surface area contributed by atoms with Crippen molar-refractivity contribution in [2.75, 3.05) is 206 Å². The molecule has 0 aliphatic carbocycles. The number of aryl methyl sites for hydroxylation is 5. The van der Waals surface area contributed by atoms with Crippen LogP contribution in [0.3, 0.4) is 0 Å². The van der Waals surface area contributed by atoms with Crippen LogP contribution in [0.1, 0.15) is 131 Å². The number of unbranched alkanes of at least 4 members (excludes halogenated alkanes) is 7. The number of nitrogens with two attached hydrogens (primary N) is 5. The van der Waals surface area contributed by atoms with E-state index in [-0.39, 0.29) is 17.2 Å². The summed E-state index contributed by atoms with van der Waals surface area (Å²) in [6.07, 6.45) is 23.7. The Kier molecular flexibility index (Phi) is 40.5. The van der Waals surface area contributed by atoms with Crippen LogP contribution in [0.5, 0.6) is 28.7 Å². The summed E-state index contributed by atoms with van der Waals surface area (Å²) in [7, 11) is 28.8. The predicted molar refractivity (Wildman–Crippen MR) is 400 cm³/mol. The van der Waals surface area contributed by atoms with Gasteiger partial charge in [0.1, 0.15) is 41.8 Å². The number of likely N-dealkylation sites (tertiary alicyclic amines) is 1. The van der Waals surface area contributed by atoms with Crippen molar-refractivity contribution in [2.45, 2.75) is 135 Å². The number of hydrogen-bond donors (Lipinski definition) is 10. The molecule has 1 saturated heterocycles. The Morgan fingerprint density at radius 2 is 0.558 bits per heavy atom. The molecular formula is C77H137N10O8+5. The standard InChI is InChI=1S/C17H28N2O2.C16H28N2O.C15H26N2O2.C15H26N2O.C14H24N2O2/c1-19(9-3-2-4-10-19)11-13-21-12-5-6-15-14-16(20)7-8-17(15)18;1-18(2,3)12-8-6-4-5-7-9-14-13-15(19)10-11-16(14)17;1-17(2,3)9-5-11-19-10-4-6-13-12-14(18)7-8-15(13)16;1-17(2,3)11-7-5-4-6-8-13-12-14(18)9-10-15(13)16;1-16(2,3)8-10-18-9-4-5-12-11-13(17)6-7-14(12)15/h7-8,14H,2-6,9-13,18H2,1H3;10-11,13H,4-9,12,17H2,1-3H3;7-8,12H,4-6,9-11,16H2,1-3H3;9-10,12H,4-8,11,16H2,1-3H3;6-7,11H,4-5,8-10,15H2,1-3H3/p+5. The Hall–Kier alpha value is -6.22. The minimum absolute atomic E-state index is 0.269. The Morgan fingerprint density at radius 1 is 0.305 bits per heavy atom. The molecule has 18 nitrogen and oxygen atoms in total. The molecule has 0 radical (unpaired) electrons. The average molecular weight is 1330 g/mol. The summed E-state index contributed by atoms with van der Waals surface area (Å²) < 4.78 is 22.1. The van der Waals surface area contributed by atoms with Crippen LogP contribution in [0.25, 0.3) is 0 Å². The normalized spacial score (nSPS) is 13.1. The van der Waals surface area contributed by atoms with Crippen LogP contribution in [0.4, 0.5) is 28.4 Å². The van der Waals surface area contributed by atoms with E-state index in [4.69, 9.17) is 42.9 Å². The summed E-state index contributed by atoms with van der Waals surface area (Å²) in [6.45, 7) is 13.0. The van der Waals surface area contributed by atoms with Crippen molar-refractivity contribution < 1.29 is 62.2 Å². The third kappa shape index (κ3) is 44.3. The van der Waals surface area contributed by atoms with Gasteiger partial charge in [-0.2, -0.15) is 0 Å². The molecule has 538 valence electrons. The highest BCUT2D eigenvalue weighted by Crippen LogP contribution is 2.25.